The lowest BCUT2D eigenvalue weighted by atomic mass is 9.94. The summed E-state index contributed by atoms with van der Waals surface area (Å²) in [6, 6.07) is 6.34. The van der Waals surface area contributed by atoms with Crippen LogP contribution in [0.15, 0.2) is 30.5 Å². The highest BCUT2D eigenvalue weighted by Crippen LogP contribution is 2.38. The van der Waals surface area contributed by atoms with Crippen LogP contribution in [0.2, 0.25) is 0 Å². The molecule has 2 aromatic rings. The van der Waals surface area contributed by atoms with Crippen LogP contribution in [0.25, 0.3) is 10.9 Å². The van der Waals surface area contributed by atoms with Gasteiger partial charge in [0.1, 0.15) is 0 Å². The van der Waals surface area contributed by atoms with E-state index in [-0.39, 0.29) is 23.4 Å². The Morgan fingerprint density at radius 3 is 2.83 bits per heavy atom. The second kappa shape index (κ2) is 8.41. The lowest BCUT2D eigenvalue weighted by Gasteiger charge is -2.39. The van der Waals surface area contributed by atoms with Crippen molar-refractivity contribution in [3.63, 3.8) is 0 Å². The molecular formula is C22H27F3N4O. The molecule has 0 saturated carbocycles. The summed E-state index contributed by atoms with van der Waals surface area (Å²) < 4.78 is 40.3. The average Bonchev–Trinajstić information content (AvgIpc) is 3.11. The third kappa shape index (κ3) is 4.38. The first kappa shape index (κ1) is 20.9. The molecule has 162 valence electrons. The second-order valence-corrected chi connectivity index (χ2v) is 8.49. The third-order valence-electron chi connectivity index (χ3n) is 6.14. The molecular weight excluding hydrogens is 393 g/mol. The van der Waals surface area contributed by atoms with Crippen molar-refractivity contribution < 1.29 is 18.0 Å². The van der Waals surface area contributed by atoms with Crippen molar-refractivity contribution in [3.8, 4) is 0 Å². The van der Waals surface area contributed by atoms with Gasteiger partial charge < -0.3 is 15.5 Å². The summed E-state index contributed by atoms with van der Waals surface area (Å²) in [6.07, 6.45) is -0.326. The summed E-state index contributed by atoms with van der Waals surface area (Å²) in [4.78, 5) is 17.9. The predicted octanol–water partition coefficient (Wildman–Crippen LogP) is 3.58. The fraction of sp³-hybridized carbons (Fsp3) is 0.545. The Morgan fingerprint density at radius 2 is 2.10 bits per heavy atom. The van der Waals surface area contributed by atoms with Gasteiger partial charge in [-0.2, -0.15) is 13.2 Å². The lowest BCUT2D eigenvalue weighted by molar-refractivity contribution is -0.136. The topological polar surface area (TPSA) is 57.3 Å². The van der Waals surface area contributed by atoms with Crippen molar-refractivity contribution in [2.45, 2.75) is 38.4 Å². The summed E-state index contributed by atoms with van der Waals surface area (Å²) in [6.45, 7) is 5.19. The number of halogens is 3. The standard InChI is InChI=1S/C22H27F3N4O/c1-14-11-16(26-9-6-15-7-10-28-21(15)30)13-29(12-14)19-5-4-18(22(23,24)25)20-17(19)3-2-8-27-20/h2-5,8,14-16,26H,6-7,9-13H2,1H3,(H,28,30). The first-order valence-electron chi connectivity index (χ1n) is 10.5. The van der Waals surface area contributed by atoms with E-state index in [9.17, 15) is 18.0 Å². The minimum Gasteiger partial charge on any atom is -0.369 e. The van der Waals surface area contributed by atoms with Crippen molar-refractivity contribution in [1.29, 1.82) is 0 Å². The second-order valence-electron chi connectivity index (χ2n) is 8.49. The van der Waals surface area contributed by atoms with Gasteiger partial charge in [0.15, 0.2) is 0 Å². The highest BCUT2D eigenvalue weighted by Gasteiger charge is 2.35. The summed E-state index contributed by atoms with van der Waals surface area (Å²) in [5, 5.41) is 6.96. The number of aromatic nitrogens is 1. The van der Waals surface area contributed by atoms with E-state index in [0.29, 0.717) is 11.3 Å². The van der Waals surface area contributed by atoms with Crippen molar-refractivity contribution in [1.82, 2.24) is 15.6 Å². The maximum Gasteiger partial charge on any atom is 0.418 e. The quantitative estimate of drug-likeness (QED) is 0.776. The number of piperidine rings is 1. The Labute approximate surface area is 174 Å². The molecule has 3 atom stereocenters. The Kier molecular flexibility index (Phi) is 5.86. The number of alkyl halides is 3. The van der Waals surface area contributed by atoms with E-state index in [1.165, 1.54) is 6.20 Å². The van der Waals surface area contributed by atoms with Crippen LogP contribution in [-0.2, 0) is 11.0 Å². The van der Waals surface area contributed by atoms with Gasteiger partial charge in [0.25, 0.3) is 0 Å². The maximum atomic E-state index is 13.4. The number of fused-ring (bicyclic) bond motifs is 1. The van der Waals surface area contributed by atoms with Gasteiger partial charge in [-0.05, 0) is 56.0 Å². The minimum absolute atomic E-state index is 0.00233. The Bertz CT molecular complexity index is 917. The van der Waals surface area contributed by atoms with Crippen LogP contribution in [0.4, 0.5) is 18.9 Å². The van der Waals surface area contributed by atoms with Crippen molar-refractivity contribution in [3.05, 3.63) is 36.0 Å². The number of benzene rings is 1. The summed E-state index contributed by atoms with van der Waals surface area (Å²) in [5.41, 5.74) is 0.0912. The van der Waals surface area contributed by atoms with Crippen LogP contribution in [0.3, 0.4) is 0 Å². The first-order chi connectivity index (χ1) is 14.3. The number of hydrogen-bond acceptors (Lipinski definition) is 4. The molecule has 2 fully saturated rings. The Morgan fingerprint density at radius 1 is 1.27 bits per heavy atom. The summed E-state index contributed by atoms with van der Waals surface area (Å²) >= 11 is 0. The number of carbonyl (C=O) groups is 1. The zero-order chi connectivity index (χ0) is 21.3. The number of pyridine rings is 1. The van der Waals surface area contributed by atoms with Gasteiger partial charge in [0.05, 0.1) is 11.1 Å². The zero-order valence-corrected chi connectivity index (χ0v) is 17.0. The molecule has 1 aromatic carbocycles. The number of nitrogens with zero attached hydrogens (tertiary/aromatic N) is 2. The molecule has 1 amide bonds. The van der Waals surface area contributed by atoms with Gasteiger partial charge in [-0.25, -0.2) is 0 Å². The molecule has 1 aromatic heterocycles. The molecule has 3 unspecified atom stereocenters. The fourth-order valence-electron chi connectivity index (χ4n) is 4.74. The van der Waals surface area contributed by atoms with E-state index < -0.39 is 11.7 Å². The molecule has 5 nitrogen and oxygen atoms in total. The average molecular weight is 420 g/mol. The van der Waals surface area contributed by atoms with Crippen LogP contribution < -0.4 is 15.5 Å². The van der Waals surface area contributed by atoms with Crippen LogP contribution in [0.1, 0.15) is 31.7 Å². The van der Waals surface area contributed by atoms with Gasteiger partial charge >= 0.3 is 6.18 Å². The summed E-state index contributed by atoms with van der Waals surface area (Å²) in [5.74, 6) is 0.624. The van der Waals surface area contributed by atoms with Crippen molar-refractivity contribution >= 4 is 22.5 Å². The molecule has 2 saturated heterocycles. The van der Waals surface area contributed by atoms with Crippen molar-refractivity contribution in [2.24, 2.45) is 11.8 Å². The number of nitrogens with one attached hydrogen (secondary N) is 2. The fourth-order valence-corrected chi connectivity index (χ4v) is 4.74. The third-order valence-corrected chi connectivity index (χ3v) is 6.14. The Balaban J connectivity index is 1.50. The molecule has 2 aliphatic rings. The largest absolute Gasteiger partial charge is 0.418 e. The summed E-state index contributed by atoms with van der Waals surface area (Å²) in [7, 11) is 0. The molecule has 0 radical (unpaired) electrons. The van der Waals surface area contributed by atoms with Gasteiger partial charge in [-0.15, -0.1) is 0 Å². The molecule has 0 aliphatic carbocycles. The SMILES string of the molecule is CC1CC(NCCC2CCNC2=O)CN(c2ccc(C(F)(F)F)c3ncccc23)C1. The normalized spacial score (nSPS) is 25.0. The van der Waals surface area contributed by atoms with Crippen LogP contribution >= 0.6 is 0 Å². The van der Waals surface area contributed by atoms with E-state index in [0.717, 1.165) is 57.2 Å². The number of rotatable bonds is 5. The monoisotopic (exact) mass is 420 g/mol. The van der Waals surface area contributed by atoms with Gasteiger partial charge in [0, 0.05) is 48.9 Å². The highest BCUT2D eigenvalue weighted by molar-refractivity contribution is 5.94. The molecule has 8 heteroatoms. The van der Waals surface area contributed by atoms with E-state index in [1.807, 2.05) is 0 Å². The van der Waals surface area contributed by atoms with E-state index in [4.69, 9.17) is 0 Å². The predicted molar refractivity (Wildman–Crippen MR) is 110 cm³/mol. The zero-order valence-electron chi connectivity index (χ0n) is 17.0. The molecule has 2 aliphatic heterocycles. The van der Waals surface area contributed by atoms with E-state index in [1.54, 1.807) is 18.2 Å². The van der Waals surface area contributed by atoms with Crippen LogP contribution in [0, 0.1) is 11.8 Å². The lowest BCUT2D eigenvalue weighted by Crippen LogP contribution is -2.49. The number of amides is 1. The molecule has 4 rings (SSSR count). The van der Waals surface area contributed by atoms with Gasteiger partial charge in [-0.1, -0.05) is 6.92 Å². The minimum atomic E-state index is -4.43. The molecule has 30 heavy (non-hydrogen) atoms. The molecule has 0 bridgehead atoms. The molecule has 0 spiro atoms. The van der Waals surface area contributed by atoms with Gasteiger partial charge in [0.2, 0.25) is 5.91 Å². The first-order valence-corrected chi connectivity index (χ1v) is 10.5. The molecule has 3 heterocycles. The molecule has 2 N–H and O–H groups in total. The maximum absolute atomic E-state index is 13.4. The Hall–Kier alpha value is -2.35. The highest BCUT2D eigenvalue weighted by atomic mass is 19.4. The number of carbonyl (C=O) groups excluding carboxylic acids is 1. The van der Waals surface area contributed by atoms with Crippen LogP contribution in [0.5, 0.6) is 0 Å². The van der Waals surface area contributed by atoms with E-state index >= 15 is 0 Å². The number of anilines is 1. The van der Waals surface area contributed by atoms with Crippen LogP contribution in [-0.4, -0.2) is 43.1 Å². The van der Waals surface area contributed by atoms with Crippen molar-refractivity contribution in [2.75, 3.05) is 31.1 Å². The van der Waals surface area contributed by atoms with E-state index in [2.05, 4.69) is 27.4 Å². The van der Waals surface area contributed by atoms with Gasteiger partial charge in [-0.3, -0.25) is 9.78 Å². The number of hydrogen-bond donors (Lipinski definition) is 2. The smallest absolute Gasteiger partial charge is 0.369 e.